The smallest absolute Gasteiger partial charge is 0.412 e. The summed E-state index contributed by atoms with van der Waals surface area (Å²) in [6, 6.07) is 0. The van der Waals surface area contributed by atoms with Gasteiger partial charge in [0.05, 0.1) is 13.0 Å². The molecule has 0 fully saturated rings. The molecule has 0 bridgehead atoms. The van der Waals surface area contributed by atoms with Crippen molar-refractivity contribution >= 4 is 5.97 Å². The molecule has 0 saturated heterocycles. The number of ether oxygens (including phenoxy) is 1. The molecule has 0 unspecified atom stereocenters. The predicted molar refractivity (Wildman–Crippen MR) is 36.4 cm³/mol. The minimum absolute atomic E-state index is 0.0734. The summed E-state index contributed by atoms with van der Waals surface area (Å²) in [7, 11) is 0. The van der Waals surface area contributed by atoms with Gasteiger partial charge in [-0.2, -0.15) is 13.2 Å². The number of alkyl halides is 3. The first-order valence-electron chi connectivity index (χ1n) is 3.28. The van der Waals surface area contributed by atoms with Gasteiger partial charge in [0.1, 0.15) is 0 Å². The number of hydrogen-bond donors (Lipinski definition) is 0. The Bertz CT molecular complexity index is 184. The number of rotatable bonds is 3. The van der Waals surface area contributed by atoms with E-state index in [4.69, 9.17) is 0 Å². The van der Waals surface area contributed by atoms with Gasteiger partial charge >= 0.3 is 12.1 Å². The molecule has 0 saturated carbocycles. The minimum atomic E-state index is -4.51. The lowest BCUT2D eigenvalue weighted by molar-refractivity contribution is -0.145. The first-order chi connectivity index (χ1) is 5.38. The molecule has 0 spiro atoms. The zero-order valence-corrected chi connectivity index (χ0v) is 6.57. The maximum absolute atomic E-state index is 11.7. The lowest BCUT2D eigenvalue weighted by atomic mass is 10.2. The van der Waals surface area contributed by atoms with Crippen LogP contribution in [0.5, 0.6) is 0 Å². The van der Waals surface area contributed by atoms with Crippen LogP contribution in [0.4, 0.5) is 13.2 Å². The molecule has 0 rings (SSSR count). The van der Waals surface area contributed by atoms with Crippen LogP contribution in [0.25, 0.3) is 0 Å². The van der Waals surface area contributed by atoms with Gasteiger partial charge in [-0.3, -0.25) is 4.79 Å². The fraction of sp³-hybridized carbons (Fsp3) is 0.571. The number of hydrogen-bond acceptors (Lipinski definition) is 2. The second-order valence-corrected chi connectivity index (χ2v) is 2.08. The normalized spacial score (nSPS) is 11.0. The van der Waals surface area contributed by atoms with E-state index in [9.17, 15) is 18.0 Å². The molecule has 0 N–H and O–H groups in total. The number of halogens is 3. The quantitative estimate of drug-likeness (QED) is 0.493. The van der Waals surface area contributed by atoms with Crippen molar-refractivity contribution in [3.63, 3.8) is 0 Å². The number of carbonyl (C=O) groups is 1. The Balaban J connectivity index is 3.94. The van der Waals surface area contributed by atoms with Crippen LogP contribution in [0.15, 0.2) is 12.2 Å². The van der Waals surface area contributed by atoms with Crippen LogP contribution in [0.2, 0.25) is 0 Å². The van der Waals surface area contributed by atoms with Crippen LogP contribution < -0.4 is 0 Å². The molecule has 0 aromatic heterocycles. The molecular formula is C7H9F3O2. The number of esters is 1. The standard InChI is InChI=1S/C7H9F3O2/c1-3-12-6(11)4-5(2)7(8,9)10/h2-4H2,1H3. The third-order valence-corrected chi connectivity index (χ3v) is 1.06. The van der Waals surface area contributed by atoms with E-state index in [1.807, 2.05) is 0 Å². The highest BCUT2D eigenvalue weighted by atomic mass is 19.4. The van der Waals surface area contributed by atoms with Crippen LogP contribution in [0, 0.1) is 0 Å². The molecule has 0 aromatic rings. The summed E-state index contributed by atoms with van der Waals surface area (Å²) >= 11 is 0. The molecular weight excluding hydrogens is 173 g/mol. The van der Waals surface area contributed by atoms with Crippen molar-refractivity contribution in [1.82, 2.24) is 0 Å². The maximum atomic E-state index is 11.7. The van der Waals surface area contributed by atoms with Crippen LogP contribution in [-0.2, 0) is 9.53 Å². The number of carbonyl (C=O) groups excluding carboxylic acids is 1. The van der Waals surface area contributed by atoms with E-state index >= 15 is 0 Å². The molecule has 2 nitrogen and oxygen atoms in total. The topological polar surface area (TPSA) is 26.3 Å². The average Bonchev–Trinajstić information content (AvgIpc) is 1.85. The van der Waals surface area contributed by atoms with E-state index in [0.717, 1.165) is 0 Å². The summed E-state index contributed by atoms with van der Waals surface area (Å²) in [5.41, 5.74) is -1.08. The lowest BCUT2D eigenvalue weighted by Gasteiger charge is -2.08. The van der Waals surface area contributed by atoms with E-state index in [2.05, 4.69) is 11.3 Å². The summed E-state index contributed by atoms with van der Waals surface area (Å²) < 4.78 is 39.5. The lowest BCUT2D eigenvalue weighted by Crippen LogP contribution is -2.15. The molecule has 70 valence electrons. The predicted octanol–water partition coefficient (Wildman–Crippen LogP) is 2.06. The Kier molecular flexibility index (Phi) is 3.79. The van der Waals surface area contributed by atoms with Crippen molar-refractivity contribution in [2.75, 3.05) is 6.61 Å². The average molecular weight is 182 g/mol. The fourth-order valence-corrected chi connectivity index (χ4v) is 0.486. The van der Waals surface area contributed by atoms with Crippen molar-refractivity contribution in [3.05, 3.63) is 12.2 Å². The zero-order valence-electron chi connectivity index (χ0n) is 6.57. The summed E-state index contributed by atoms with van der Waals surface area (Å²) in [4.78, 5) is 10.5. The van der Waals surface area contributed by atoms with E-state index < -0.39 is 24.1 Å². The van der Waals surface area contributed by atoms with Crippen molar-refractivity contribution in [3.8, 4) is 0 Å². The molecule has 0 amide bonds. The Morgan fingerprint density at radius 2 is 2.00 bits per heavy atom. The molecule has 0 heterocycles. The SMILES string of the molecule is C=C(CC(=O)OCC)C(F)(F)F. The molecule has 0 aliphatic rings. The second kappa shape index (κ2) is 4.13. The van der Waals surface area contributed by atoms with E-state index in [1.165, 1.54) is 6.92 Å². The second-order valence-electron chi connectivity index (χ2n) is 2.08. The van der Waals surface area contributed by atoms with Gasteiger partial charge in [0.15, 0.2) is 0 Å². The van der Waals surface area contributed by atoms with Crippen molar-refractivity contribution in [2.24, 2.45) is 0 Å². The summed E-state index contributed by atoms with van der Waals surface area (Å²) in [5, 5.41) is 0. The van der Waals surface area contributed by atoms with Gasteiger partial charge in [-0.05, 0) is 6.92 Å². The van der Waals surface area contributed by atoms with Crippen molar-refractivity contribution in [1.29, 1.82) is 0 Å². The molecule has 0 aromatic carbocycles. The molecule has 0 radical (unpaired) electrons. The highest BCUT2D eigenvalue weighted by Gasteiger charge is 2.33. The van der Waals surface area contributed by atoms with Gasteiger partial charge in [0, 0.05) is 5.57 Å². The molecule has 0 aliphatic heterocycles. The first-order valence-corrected chi connectivity index (χ1v) is 3.28. The van der Waals surface area contributed by atoms with Gasteiger partial charge in [-0.1, -0.05) is 6.58 Å². The molecule has 12 heavy (non-hydrogen) atoms. The van der Waals surface area contributed by atoms with E-state index in [0.29, 0.717) is 0 Å². The molecule has 0 atom stereocenters. The van der Waals surface area contributed by atoms with Gasteiger partial charge in [-0.15, -0.1) is 0 Å². The maximum Gasteiger partial charge on any atom is 0.412 e. The van der Waals surface area contributed by atoms with Crippen LogP contribution in [0.1, 0.15) is 13.3 Å². The summed E-state index contributed by atoms with van der Waals surface area (Å²) in [6.07, 6.45) is -5.30. The zero-order chi connectivity index (χ0) is 9.78. The van der Waals surface area contributed by atoms with Gasteiger partial charge in [0.25, 0.3) is 0 Å². The Labute approximate surface area is 68.0 Å². The Morgan fingerprint density at radius 1 is 1.50 bits per heavy atom. The largest absolute Gasteiger partial charge is 0.466 e. The van der Waals surface area contributed by atoms with Crippen molar-refractivity contribution < 1.29 is 22.7 Å². The van der Waals surface area contributed by atoms with E-state index in [1.54, 1.807) is 0 Å². The van der Waals surface area contributed by atoms with Crippen molar-refractivity contribution in [2.45, 2.75) is 19.5 Å². The van der Waals surface area contributed by atoms with Crippen LogP contribution in [-0.4, -0.2) is 18.8 Å². The Morgan fingerprint density at radius 3 is 2.33 bits per heavy atom. The van der Waals surface area contributed by atoms with Crippen LogP contribution in [0.3, 0.4) is 0 Å². The highest BCUT2D eigenvalue weighted by Crippen LogP contribution is 2.26. The Hall–Kier alpha value is -1.00. The summed E-state index contributed by atoms with van der Waals surface area (Å²) in [6.45, 7) is 4.32. The highest BCUT2D eigenvalue weighted by molar-refractivity contribution is 5.72. The molecule has 5 heteroatoms. The monoisotopic (exact) mass is 182 g/mol. The van der Waals surface area contributed by atoms with Crippen LogP contribution >= 0.6 is 0 Å². The van der Waals surface area contributed by atoms with E-state index in [-0.39, 0.29) is 6.61 Å². The van der Waals surface area contributed by atoms with Gasteiger partial charge in [0.2, 0.25) is 0 Å². The summed E-state index contributed by atoms with van der Waals surface area (Å²) in [5.74, 6) is -0.903. The fourth-order valence-electron chi connectivity index (χ4n) is 0.486. The minimum Gasteiger partial charge on any atom is -0.466 e. The third kappa shape index (κ3) is 4.00. The molecule has 0 aliphatic carbocycles. The first kappa shape index (κ1) is 11.0. The van der Waals surface area contributed by atoms with Gasteiger partial charge in [-0.25, -0.2) is 0 Å². The third-order valence-electron chi connectivity index (χ3n) is 1.06. The van der Waals surface area contributed by atoms with Gasteiger partial charge < -0.3 is 4.74 Å².